The average molecular weight is 881 g/mol. The van der Waals surface area contributed by atoms with E-state index < -0.39 is 159 Å². The molecule has 0 saturated heterocycles. The lowest BCUT2D eigenvalue weighted by Gasteiger charge is -2.19. The van der Waals surface area contributed by atoms with Crippen LogP contribution in [0.1, 0.15) is 83.5 Å². The molecule has 0 aromatic heterocycles. The number of primary amides is 1. The number of carbonyl (C=O) groups is 12. The molecule has 0 bridgehead atoms. The fraction of sp³-hybridized carbons (Fsp3) is 0.613. The summed E-state index contributed by atoms with van der Waals surface area (Å²) in [5, 5.41) is 62.1. The summed E-state index contributed by atoms with van der Waals surface area (Å²) >= 11 is 0. The van der Waals surface area contributed by atoms with Crippen LogP contribution in [0.15, 0.2) is 0 Å². The number of aliphatic carboxylic acids is 6. The van der Waals surface area contributed by atoms with Gasteiger partial charge >= 0.3 is 35.8 Å². The molecule has 6 atom stereocenters. The van der Waals surface area contributed by atoms with Crippen LogP contribution in [-0.4, -0.2) is 138 Å². The monoisotopic (exact) mass is 880 g/mol. The van der Waals surface area contributed by atoms with Crippen molar-refractivity contribution in [3.63, 3.8) is 0 Å². The third-order valence-electron chi connectivity index (χ3n) is 8.09. The highest BCUT2D eigenvalue weighted by molar-refractivity contribution is 5.87. The molecule has 0 aromatic rings. The molecule has 6 amide bonds. The van der Waals surface area contributed by atoms with E-state index in [0.29, 0.717) is 0 Å². The van der Waals surface area contributed by atoms with Crippen molar-refractivity contribution in [2.75, 3.05) is 0 Å². The van der Waals surface area contributed by atoms with Gasteiger partial charge in [-0.15, -0.1) is 0 Å². The van der Waals surface area contributed by atoms with Crippen molar-refractivity contribution in [1.29, 1.82) is 0 Å². The fourth-order valence-electron chi connectivity index (χ4n) is 4.75. The summed E-state index contributed by atoms with van der Waals surface area (Å²) in [5.74, 6) is -8.62. The highest BCUT2D eigenvalue weighted by Gasteiger charge is 2.27. The Kier molecular flexibility index (Phi) is 26.4. The third-order valence-corrected chi connectivity index (χ3v) is 8.09. The number of hydrogen-bond donors (Lipinski definition) is 18. The summed E-state index contributed by atoms with van der Waals surface area (Å²) in [6, 6.07) is -8.49. The number of carboxylic acid groups (broad SMARTS) is 6. The van der Waals surface area contributed by atoms with Crippen molar-refractivity contribution in [2.24, 2.45) is 11.6 Å². The lowest BCUT2D eigenvalue weighted by molar-refractivity contribution is -0.144. The Morgan fingerprint density at radius 2 is 0.705 bits per heavy atom. The first-order chi connectivity index (χ1) is 28.5. The number of carboxylic acids is 6. The topological polar surface area (TPSA) is 499 Å². The predicted octanol–water partition coefficient (Wildman–Crippen LogP) is -6.68. The maximum Gasteiger partial charge on any atom is 0.326 e. The Labute approximate surface area is 344 Å². The van der Waals surface area contributed by atoms with Gasteiger partial charge in [0.2, 0.25) is 35.4 Å². The highest BCUT2D eigenvalue weighted by Crippen LogP contribution is 2.06. The van der Waals surface area contributed by atoms with Gasteiger partial charge in [0.25, 0.3) is 0 Å². The zero-order valence-electron chi connectivity index (χ0n) is 32.4. The van der Waals surface area contributed by atoms with E-state index in [9.17, 15) is 83.1 Å². The van der Waals surface area contributed by atoms with Crippen LogP contribution < -0.4 is 65.7 Å². The Balaban J connectivity index is 4.81. The van der Waals surface area contributed by atoms with E-state index in [0.717, 1.165) is 0 Å². The minimum Gasteiger partial charge on any atom is -0.481 e. The van der Waals surface area contributed by atoms with Crippen LogP contribution >= 0.6 is 0 Å². The van der Waals surface area contributed by atoms with Crippen LogP contribution in [0, 0.1) is 0 Å². The van der Waals surface area contributed by atoms with E-state index in [2.05, 4.69) is 48.7 Å². The van der Waals surface area contributed by atoms with E-state index in [1.807, 2.05) is 5.43 Å². The van der Waals surface area contributed by atoms with Gasteiger partial charge in [0.1, 0.15) is 30.2 Å². The molecule has 30 nitrogen and oxygen atoms in total. The third kappa shape index (κ3) is 26.2. The van der Waals surface area contributed by atoms with Crippen molar-refractivity contribution in [3.8, 4) is 0 Å². The quantitative estimate of drug-likeness (QED) is 0.0208. The van der Waals surface area contributed by atoms with Gasteiger partial charge in [0, 0.05) is 44.6 Å². The van der Waals surface area contributed by atoms with Crippen molar-refractivity contribution in [1.82, 2.24) is 54.1 Å². The number of hydrazine groups is 5. The standard InChI is InChI=1S/C31H52N12O18/c32-20(44)7-2-15(27(52)53)34-21(45)9-3-16(28(54)55)35-22(46)10-5-19(31(60)61)39-43-41-25(49)12-4-17(29(56)57)36-23(47)11-6-18(30(58)59)38-42-40-24(48)8-1-14(37-33)13-26(50)51/h14-19,37-39,42-43H,1-13,33H2,(H2,32,44)(H,34,45)(H,35,46)(H,36,47)(H,40,48)(H,41,49)(H,50,51)(H,52,53)(H,54,55)(H,56,57)(H,58,59)(H,60,61). The normalized spacial score (nSPS) is 13.7. The predicted molar refractivity (Wildman–Crippen MR) is 198 cm³/mol. The lowest BCUT2D eigenvalue weighted by Crippen LogP contribution is -2.54. The Morgan fingerprint density at radius 1 is 0.410 bits per heavy atom. The summed E-state index contributed by atoms with van der Waals surface area (Å²) in [7, 11) is 0. The minimum atomic E-state index is -1.64. The molecule has 0 aromatic carbocycles. The number of carbonyl (C=O) groups excluding carboxylic acids is 6. The first kappa shape index (κ1) is 54.4. The first-order valence-corrected chi connectivity index (χ1v) is 18.1. The molecule has 0 saturated carbocycles. The van der Waals surface area contributed by atoms with E-state index in [1.165, 1.54) is 0 Å². The molecule has 0 aliphatic rings. The summed E-state index contributed by atoms with van der Waals surface area (Å²) in [6.07, 6.45) is -5.25. The molecule has 0 heterocycles. The number of nitrogens with one attached hydrogen (secondary N) is 10. The maximum absolute atomic E-state index is 12.4. The maximum atomic E-state index is 12.4. The molecular weight excluding hydrogens is 828 g/mol. The first-order valence-electron chi connectivity index (χ1n) is 18.1. The molecular formula is C31H52N12O18. The summed E-state index contributed by atoms with van der Waals surface area (Å²) < 4.78 is 0. The molecule has 0 fully saturated rings. The molecule has 0 spiro atoms. The molecule has 0 rings (SSSR count). The van der Waals surface area contributed by atoms with Crippen molar-refractivity contribution < 1.29 is 88.2 Å². The Bertz CT molecular complexity index is 1580. The van der Waals surface area contributed by atoms with E-state index in [1.54, 1.807) is 0 Å². The van der Waals surface area contributed by atoms with E-state index in [-0.39, 0.29) is 32.1 Å². The SMILES string of the molecule is NNC(CCC(=O)NNNC(CCC(=O)NC(CCC(=O)NNNC(CCC(=O)NC(CCC(=O)NC(CCC(N)=O)C(=O)O)C(=O)O)C(=O)O)C(=O)O)C(=O)O)CC(=O)O. The number of hydrogen-bond acceptors (Lipinski definition) is 18. The van der Waals surface area contributed by atoms with Gasteiger partial charge in [-0.05, 0) is 38.5 Å². The molecule has 30 heteroatoms. The second-order valence-electron chi connectivity index (χ2n) is 13.0. The van der Waals surface area contributed by atoms with Gasteiger partial charge in [0.05, 0.1) is 6.42 Å². The number of amides is 6. The van der Waals surface area contributed by atoms with Gasteiger partial charge in [-0.1, -0.05) is 0 Å². The van der Waals surface area contributed by atoms with Gasteiger partial charge in [-0.2, -0.15) is 11.1 Å². The van der Waals surface area contributed by atoms with Gasteiger partial charge < -0.3 is 52.3 Å². The largest absolute Gasteiger partial charge is 0.481 e. The highest BCUT2D eigenvalue weighted by atomic mass is 16.4. The molecule has 0 radical (unpaired) electrons. The minimum absolute atomic E-state index is 0.0333. The van der Waals surface area contributed by atoms with E-state index >= 15 is 0 Å². The summed E-state index contributed by atoms with van der Waals surface area (Å²) in [6.45, 7) is 0. The second kappa shape index (κ2) is 29.6. The zero-order valence-corrected chi connectivity index (χ0v) is 32.4. The molecule has 344 valence electrons. The van der Waals surface area contributed by atoms with Gasteiger partial charge in [0.15, 0.2) is 0 Å². The molecule has 0 aliphatic heterocycles. The van der Waals surface area contributed by atoms with Crippen LogP contribution in [0.2, 0.25) is 0 Å². The molecule has 0 aliphatic carbocycles. The fourth-order valence-corrected chi connectivity index (χ4v) is 4.75. The lowest BCUT2D eigenvalue weighted by atomic mass is 10.1. The molecule has 20 N–H and O–H groups in total. The average Bonchev–Trinajstić information content (AvgIpc) is 3.16. The number of rotatable bonds is 35. The van der Waals surface area contributed by atoms with Crippen molar-refractivity contribution in [2.45, 2.75) is 120 Å². The van der Waals surface area contributed by atoms with Crippen molar-refractivity contribution >= 4 is 71.3 Å². The van der Waals surface area contributed by atoms with Crippen molar-refractivity contribution in [3.05, 3.63) is 0 Å². The summed E-state index contributed by atoms with van der Waals surface area (Å²) in [5.41, 5.74) is 20.0. The Morgan fingerprint density at radius 3 is 1.00 bits per heavy atom. The van der Waals surface area contributed by atoms with Crippen LogP contribution in [0.25, 0.3) is 0 Å². The molecule has 6 unspecified atom stereocenters. The van der Waals surface area contributed by atoms with Crippen LogP contribution in [0.4, 0.5) is 0 Å². The number of nitrogens with two attached hydrogens (primary N) is 2. The van der Waals surface area contributed by atoms with E-state index in [4.69, 9.17) is 16.7 Å². The second-order valence-corrected chi connectivity index (χ2v) is 13.0. The molecule has 61 heavy (non-hydrogen) atoms. The van der Waals surface area contributed by atoms with Crippen LogP contribution in [0.5, 0.6) is 0 Å². The van der Waals surface area contributed by atoms with Crippen LogP contribution in [0.3, 0.4) is 0 Å². The smallest absolute Gasteiger partial charge is 0.326 e. The summed E-state index contributed by atoms with van der Waals surface area (Å²) in [4.78, 5) is 141. The van der Waals surface area contributed by atoms with Crippen LogP contribution in [-0.2, 0) is 57.5 Å². The van der Waals surface area contributed by atoms with Gasteiger partial charge in [-0.25, -0.2) is 25.2 Å². The van der Waals surface area contributed by atoms with Gasteiger partial charge in [-0.3, -0.25) is 65.3 Å². The zero-order chi connectivity index (χ0) is 46.7. The Hall–Kier alpha value is -6.60.